The summed E-state index contributed by atoms with van der Waals surface area (Å²) in [5.74, 6) is 0. The Morgan fingerprint density at radius 1 is 0.0920 bits per heavy atom. The van der Waals surface area contributed by atoms with Crippen LogP contribution in [0.2, 0.25) is 0 Å². The first-order valence-corrected chi connectivity index (χ1v) is 32.7. The summed E-state index contributed by atoms with van der Waals surface area (Å²) in [6.45, 7) is 56.0. The van der Waals surface area contributed by atoms with E-state index in [0.717, 1.165) is 0 Å². The Morgan fingerprint density at radius 3 is 0.115 bits per heavy atom. The van der Waals surface area contributed by atoms with Crippen LogP contribution in [0.15, 0.2) is 291 Å². The standard InChI is InChI=1S/8C6H6.2C3H9N.14C2H6.3CH4/c8*1-2-4-6-5-3-1;2*1-4(2)3;14*1-2;;;/h8*1-6H;2*1-3H3;14*1-2H3;3*1H4. The minimum absolute atomic E-state index is 0. The van der Waals surface area contributed by atoms with Gasteiger partial charge in [0.1, 0.15) is 0 Å². The van der Waals surface area contributed by atoms with Crippen LogP contribution in [-0.2, 0) is 0 Å². The molecule has 0 aliphatic carbocycles. The van der Waals surface area contributed by atoms with Gasteiger partial charge in [-0.15, -0.1) is 0 Å². The Hall–Kier alpha value is -6.32. The van der Waals surface area contributed by atoms with Gasteiger partial charge in [-0.2, -0.15) is 0 Å². The third kappa shape index (κ3) is 277. The fourth-order valence-corrected chi connectivity index (χ4v) is 3.08. The highest BCUT2D eigenvalue weighted by atomic mass is 15.0. The number of rotatable bonds is 0. The van der Waals surface area contributed by atoms with Crippen LogP contribution in [0.3, 0.4) is 0 Å². The highest BCUT2D eigenvalue weighted by molar-refractivity contribution is 5.03. The predicted octanol–water partition coefficient (Wildman–Crippen LogP) is 30.1. The molecule has 0 radical (unpaired) electrons. The highest BCUT2D eigenvalue weighted by Gasteiger charge is 1.63. The molecule has 0 saturated heterocycles. The van der Waals surface area contributed by atoms with Gasteiger partial charge in [-0.1, -0.05) is 507 Å². The first kappa shape index (κ1) is 135. The number of hydrogen-bond acceptors (Lipinski definition) is 2. The molecule has 0 bridgehead atoms. The minimum atomic E-state index is 0. The lowest BCUT2D eigenvalue weighted by molar-refractivity contribution is 0.505. The lowest BCUT2D eigenvalue weighted by Crippen LogP contribution is -1.99. The molecule has 8 aromatic rings. The van der Waals surface area contributed by atoms with E-state index in [1.165, 1.54) is 0 Å². The molecule has 0 N–H and O–H groups in total. The summed E-state index contributed by atoms with van der Waals surface area (Å²) in [6.07, 6.45) is 0. The van der Waals surface area contributed by atoms with Gasteiger partial charge in [0, 0.05) is 0 Å². The van der Waals surface area contributed by atoms with Crippen molar-refractivity contribution in [1.29, 1.82) is 0 Å². The smallest absolute Gasteiger partial charge is 0.0140 e. The topological polar surface area (TPSA) is 6.48 Å². The van der Waals surface area contributed by atoms with E-state index < -0.39 is 0 Å². The molecule has 0 spiro atoms. The second kappa shape index (κ2) is 217. The molecule has 0 atom stereocenters. The summed E-state index contributed by atoms with van der Waals surface area (Å²) in [5, 5.41) is 0. The van der Waals surface area contributed by atoms with Gasteiger partial charge >= 0.3 is 0 Å². The fourth-order valence-electron chi connectivity index (χ4n) is 3.08. The first-order valence-electron chi connectivity index (χ1n) is 32.7. The highest BCUT2D eigenvalue weighted by Crippen LogP contribution is 1.84. The van der Waals surface area contributed by atoms with E-state index in [4.69, 9.17) is 0 Å². The molecule has 0 aliphatic rings. The van der Waals surface area contributed by atoms with Crippen molar-refractivity contribution in [2.24, 2.45) is 0 Å². The fraction of sp³-hybridized carbons (Fsp3) is 0.435. The van der Waals surface area contributed by atoms with Crippen LogP contribution in [0.5, 0.6) is 0 Å². The summed E-state index contributed by atoms with van der Waals surface area (Å²) < 4.78 is 0. The van der Waals surface area contributed by atoms with Crippen LogP contribution in [-0.4, -0.2) is 52.1 Å². The van der Waals surface area contributed by atoms with E-state index in [1.807, 2.05) is 537 Å². The largest absolute Gasteiger partial charge is 0.312 e. The van der Waals surface area contributed by atoms with Crippen molar-refractivity contribution in [2.75, 3.05) is 42.3 Å². The van der Waals surface area contributed by atoms with Crippen molar-refractivity contribution < 1.29 is 0 Å². The molecular weight excluding hydrogens is 1050 g/mol. The molecule has 0 aromatic heterocycles. The normalized spacial score (nSPS) is 6.21. The molecule has 0 saturated carbocycles. The molecule has 0 fully saturated rings. The van der Waals surface area contributed by atoms with Crippen molar-refractivity contribution in [3.8, 4) is 0 Å². The molecule has 0 unspecified atom stereocenters. The monoisotopic (exact) mass is 1210 g/mol. The molecule has 0 heterocycles. The van der Waals surface area contributed by atoms with Crippen LogP contribution in [0.25, 0.3) is 0 Å². The maximum absolute atomic E-state index is 2.00. The van der Waals surface area contributed by atoms with E-state index in [0.29, 0.717) is 0 Å². The molecule has 512 valence electrons. The summed E-state index contributed by atoms with van der Waals surface area (Å²) >= 11 is 0. The van der Waals surface area contributed by atoms with Gasteiger partial charge in [0.15, 0.2) is 0 Å². The first-order chi connectivity index (χ1) is 41.5. The Kier molecular flexibility index (Phi) is 336. The van der Waals surface area contributed by atoms with Crippen LogP contribution < -0.4 is 0 Å². The summed E-state index contributed by atoms with van der Waals surface area (Å²) in [5.41, 5.74) is 0. The lowest BCUT2D eigenvalue weighted by Gasteiger charge is -1.90. The molecule has 8 rings (SSSR count). The van der Waals surface area contributed by atoms with E-state index >= 15 is 0 Å². The Bertz CT molecular complexity index is 1050. The van der Waals surface area contributed by atoms with Crippen molar-refractivity contribution in [3.05, 3.63) is 291 Å². The second-order valence-corrected chi connectivity index (χ2v) is 11.9. The number of benzene rings is 8. The van der Waals surface area contributed by atoms with E-state index in [2.05, 4.69) is 0 Å². The Labute approximate surface area is 556 Å². The molecular formula is C85H162N2. The zero-order valence-electron chi connectivity index (χ0n) is 62.6. The van der Waals surface area contributed by atoms with E-state index in [9.17, 15) is 0 Å². The SMILES string of the molecule is C.C.C.CC.CC.CC.CC.CC.CC.CC.CC.CC.CC.CC.CC.CC.CC.CN(C)C.CN(C)C.c1ccccc1.c1ccccc1.c1ccccc1.c1ccccc1.c1ccccc1.c1ccccc1.c1ccccc1.c1ccccc1. The van der Waals surface area contributed by atoms with Gasteiger partial charge in [0.2, 0.25) is 0 Å². The van der Waals surface area contributed by atoms with Crippen molar-refractivity contribution >= 4 is 0 Å². The van der Waals surface area contributed by atoms with Gasteiger partial charge in [0.05, 0.1) is 0 Å². The van der Waals surface area contributed by atoms with E-state index in [1.54, 1.807) is 0 Å². The Morgan fingerprint density at radius 2 is 0.103 bits per heavy atom. The number of nitrogens with zero attached hydrogens (tertiary/aromatic N) is 2. The van der Waals surface area contributed by atoms with Gasteiger partial charge in [-0.3, -0.25) is 0 Å². The molecule has 87 heavy (non-hydrogen) atoms. The summed E-state index contributed by atoms with van der Waals surface area (Å²) in [6, 6.07) is 96.0. The van der Waals surface area contributed by atoms with Crippen LogP contribution in [0.4, 0.5) is 0 Å². The quantitative estimate of drug-likeness (QED) is 0.149. The molecule has 8 aromatic carbocycles. The van der Waals surface area contributed by atoms with Crippen LogP contribution in [0, 0.1) is 0 Å². The average molecular weight is 1210 g/mol. The number of hydrogen-bond donors (Lipinski definition) is 0. The summed E-state index contributed by atoms with van der Waals surface area (Å²) in [4.78, 5) is 4.00. The third-order valence-electron chi connectivity index (χ3n) is 5.33. The zero-order chi connectivity index (χ0) is 69.1. The van der Waals surface area contributed by atoms with Crippen molar-refractivity contribution in [3.63, 3.8) is 0 Å². The minimum Gasteiger partial charge on any atom is -0.312 e. The van der Waals surface area contributed by atoms with Gasteiger partial charge in [-0.05, 0) is 42.3 Å². The van der Waals surface area contributed by atoms with Crippen LogP contribution in [0.1, 0.15) is 216 Å². The van der Waals surface area contributed by atoms with Crippen molar-refractivity contribution in [1.82, 2.24) is 9.80 Å². The molecule has 2 nitrogen and oxygen atoms in total. The van der Waals surface area contributed by atoms with Gasteiger partial charge in [0.25, 0.3) is 0 Å². The zero-order valence-corrected chi connectivity index (χ0v) is 62.6. The third-order valence-corrected chi connectivity index (χ3v) is 5.33. The molecule has 0 amide bonds. The van der Waals surface area contributed by atoms with Gasteiger partial charge in [-0.25, -0.2) is 0 Å². The van der Waals surface area contributed by atoms with Crippen molar-refractivity contribution in [2.45, 2.75) is 216 Å². The maximum Gasteiger partial charge on any atom is -0.0140 e. The van der Waals surface area contributed by atoms with E-state index in [-0.39, 0.29) is 22.3 Å². The second-order valence-electron chi connectivity index (χ2n) is 11.9. The van der Waals surface area contributed by atoms with Gasteiger partial charge < -0.3 is 9.80 Å². The average Bonchev–Trinajstić information content (AvgIpc) is 3.64. The lowest BCUT2D eigenvalue weighted by atomic mass is 10.4. The molecule has 2 heteroatoms. The van der Waals surface area contributed by atoms with Crippen LogP contribution >= 0.6 is 0 Å². The summed E-state index contributed by atoms with van der Waals surface area (Å²) in [7, 11) is 12.0. The Balaban J connectivity index is -0.0000000332. The molecule has 0 aliphatic heterocycles. The predicted molar refractivity (Wildman–Crippen MR) is 430 cm³/mol. The maximum atomic E-state index is 2.00.